The van der Waals surface area contributed by atoms with Crippen LogP contribution in [0.3, 0.4) is 0 Å². The molecule has 1 heterocycles. The Morgan fingerprint density at radius 2 is 2.24 bits per heavy atom. The summed E-state index contributed by atoms with van der Waals surface area (Å²) in [5.74, 6) is 0.424. The minimum Gasteiger partial charge on any atom is -0.497 e. The van der Waals surface area contributed by atoms with Crippen LogP contribution in [0.25, 0.3) is 0 Å². The second-order valence-corrected chi connectivity index (χ2v) is 5.14. The number of carbonyl (C=O) groups is 1. The first kappa shape index (κ1) is 15.0. The maximum atomic E-state index is 11.9. The lowest BCUT2D eigenvalue weighted by Gasteiger charge is -2.11. The van der Waals surface area contributed by atoms with E-state index in [2.05, 4.69) is 15.6 Å². The number of aromatic nitrogens is 3. The zero-order valence-electron chi connectivity index (χ0n) is 12.2. The summed E-state index contributed by atoms with van der Waals surface area (Å²) in [7, 11) is 1.56. The molecular weight excluding hydrogens is 272 g/mol. The van der Waals surface area contributed by atoms with Gasteiger partial charge in [-0.1, -0.05) is 11.3 Å². The minimum absolute atomic E-state index is 0.0142. The number of rotatable bonds is 5. The minimum atomic E-state index is -1.08. The molecule has 1 aromatic carbocycles. The zero-order valence-corrected chi connectivity index (χ0v) is 12.2. The predicted molar refractivity (Wildman–Crippen MR) is 76.9 cm³/mol. The molecule has 2 N–H and O–H groups in total. The van der Waals surface area contributed by atoms with E-state index in [0.717, 1.165) is 0 Å². The van der Waals surface area contributed by atoms with E-state index in [1.54, 1.807) is 51.4 Å². The molecule has 0 fully saturated rings. The fraction of sp³-hybridized carbons (Fsp3) is 0.357. The van der Waals surface area contributed by atoms with Crippen molar-refractivity contribution in [2.75, 3.05) is 12.4 Å². The topological polar surface area (TPSA) is 89.3 Å². The highest BCUT2D eigenvalue weighted by atomic mass is 16.5. The molecule has 1 aromatic heterocycles. The summed E-state index contributed by atoms with van der Waals surface area (Å²) >= 11 is 0. The Hall–Kier alpha value is -2.41. The van der Waals surface area contributed by atoms with Gasteiger partial charge in [-0.2, -0.15) is 0 Å². The van der Waals surface area contributed by atoms with E-state index < -0.39 is 5.60 Å². The van der Waals surface area contributed by atoms with Crippen molar-refractivity contribution in [2.45, 2.75) is 26.0 Å². The van der Waals surface area contributed by atoms with E-state index in [9.17, 15) is 9.90 Å². The number of nitrogens with one attached hydrogen (secondary N) is 1. The number of carbonyl (C=O) groups excluding carboxylic acids is 1. The number of benzene rings is 1. The van der Waals surface area contributed by atoms with E-state index in [1.807, 2.05) is 0 Å². The van der Waals surface area contributed by atoms with Gasteiger partial charge in [-0.15, -0.1) is 5.10 Å². The van der Waals surface area contributed by atoms with E-state index in [1.165, 1.54) is 4.68 Å². The van der Waals surface area contributed by atoms with Crippen LogP contribution in [0.1, 0.15) is 19.5 Å². The summed E-state index contributed by atoms with van der Waals surface area (Å²) in [5, 5.41) is 20.2. The van der Waals surface area contributed by atoms with Gasteiger partial charge in [-0.25, -0.2) is 4.68 Å². The molecule has 0 saturated carbocycles. The fourth-order valence-electron chi connectivity index (χ4n) is 1.70. The van der Waals surface area contributed by atoms with Crippen LogP contribution < -0.4 is 10.1 Å². The third kappa shape index (κ3) is 4.03. The Morgan fingerprint density at radius 3 is 2.86 bits per heavy atom. The Labute approximate surface area is 122 Å². The van der Waals surface area contributed by atoms with Crippen molar-refractivity contribution in [1.29, 1.82) is 0 Å². The molecule has 0 unspecified atom stereocenters. The van der Waals surface area contributed by atoms with E-state index in [-0.39, 0.29) is 12.5 Å². The van der Waals surface area contributed by atoms with Crippen LogP contribution in [0.2, 0.25) is 0 Å². The van der Waals surface area contributed by atoms with Gasteiger partial charge < -0.3 is 15.2 Å². The maximum Gasteiger partial charge on any atom is 0.246 e. The number of aliphatic hydroxyl groups is 1. The fourth-order valence-corrected chi connectivity index (χ4v) is 1.70. The van der Waals surface area contributed by atoms with Gasteiger partial charge in [0.15, 0.2) is 0 Å². The summed E-state index contributed by atoms with van der Waals surface area (Å²) in [5.41, 5.74) is -0.0273. The monoisotopic (exact) mass is 290 g/mol. The van der Waals surface area contributed by atoms with E-state index >= 15 is 0 Å². The zero-order chi connectivity index (χ0) is 15.5. The lowest BCUT2D eigenvalue weighted by molar-refractivity contribution is -0.116. The highest BCUT2D eigenvalue weighted by Gasteiger charge is 2.20. The van der Waals surface area contributed by atoms with Crippen molar-refractivity contribution < 1.29 is 14.6 Å². The smallest absolute Gasteiger partial charge is 0.246 e. The predicted octanol–water partition coefficient (Wildman–Crippen LogP) is 1.15. The molecule has 7 nitrogen and oxygen atoms in total. The molecule has 0 spiro atoms. The maximum absolute atomic E-state index is 11.9. The van der Waals surface area contributed by atoms with Crippen molar-refractivity contribution in [3.63, 3.8) is 0 Å². The van der Waals surface area contributed by atoms with Crippen molar-refractivity contribution in [2.24, 2.45) is 0 Å². The number of ether oxygens (including phenoxy) is 1. The van der Waals surface area contributed by atoms with Gasteiger partial charge in [-0.05, 0) is 26.0 Å². The quantitative estimate of drug-likeness (QED) is 0.862. The van der Waals surface area contributed by atoms with Crippen molar-refractivity contribution in [3.05, 3.63) is 36.2 Å². The third-order valence-corrected chi connectivity index (χ3v) is 2.82. The number of anilines is 1. The molecule has 0 saturated heterocycles. The van der Waals surface area contributed by atoms with Crippen LogP contribution in [0.5, 0.6) is 5.75 Å². The molecule has 0 aliphatic rings. The van der Waals surface area contributed by atoms with Crippen LogP contribution in [0.15, 0.2) is 30.5 Å². The highest BCUT2D eigenvalue weighted by Crippen LogP contribution is 2.17. The molecule has 0 bridgehead atoms. The van der Waals surface area contributed by atoms with Gasteiger partial charge in [0.2, 0.25) is 5.91 Å². The Morgan fingerprint density at radius 1 is 1.48 bits per heavy atom. The van der Waals surface area contributed by atoms with Crippen LogP contribution in [-0.4, -0.2) is 33.1 Å². The number of nitrogens with zero attached hydrogens (tertiary/aromatic N) is 3. The molecule has 0 radical (unpaired) electrons. The number of hydrogen-bond acceptors (Lipinski definition) is 5. The first-order valence-electron chi connectivity index (χ1n) is 6.45. The molecule has 2 rings (SSSR count). The van der Waals surface area contributed by atoms with Crippen molar-refractivity contribution >= 4 is 11.6 Å². The molecule has 0 atom stereocenters. The average Bonchev–Trinajstić information content (AvgIpc) is 2.87. The van der Waals surface area contributed by atoms with Crippen LogP contribution in [-0.2, 0) is 16.9 Å². The number of methoxy groups -OCH3 is 1. The normalized spacial score (nSPS) is 11.2. The Bertz CT molecular complexity index is 631. The average molecular weight is 290 g/mol. The molecule has 7 heteroatoms. The Balaban J connectivity index is 2.00. The summed E-state index contributed by atoms with van der Waals surface area (Å²) < 4.78 is 6.47. The van der Waals surface area contributed by atoms with Crippen LogP contribution in [0, 0.1) is 0 Å². The SMILES string of the molecule is COc1cccc(NC(=O)Cn2cc(C(C)(C)O)nn2)c1. The molecule has 112 valence electrons. The lowest BCUT2D eigenvalue weighted by atomic mass is 10.1. The van der Waals surface area contributed by atoms with Gasteiger partial charge in [-0.3, -0.25) is 4.79 Å². The number of amides is 1. The Kier molecular flexibility index (Phi) is 4.23. The van der Waals surface area contributed by atoms with E-state index in [4.69, 9.17) is 4.74 Å². The van der Waals surface area contributed by atoms with Gasteiger partial charge in [0.1, 0.15) is 23.6 Å². The van der Waals surface area contributed by atoms with Gasteiger partial charge in [0, 0.05) is 11.8 Å². The third-order valence-electron chi connectivity index (χ3n) is 2.82. The molecular formula is C14H18N4O3. The molecule has 0 aliphatic carbocycles. The van der Waals surface area contributed by atoms with Gasteiger partial charge in [0.25, 0.3) is 0 Å². The largest absolute Gasteiger partial charge is 0.497 e. The standard InChI is InChI=1S/C14H18N4O3/c1-14(2,20)12-8-18(17-16-12)9-13(19)15-10-5-4-6-11(7-10)21-3/h4-8,20H,9H2,1-3H3,(H,15,19). The molecule has 0 aliphatic heterocycles. The molecule has 2 aromatic rings. The highest BCUT2D eigenvalue weighted by molar-refractivity contribution is 5.90. The first-order valence-corrected chi connectivity index (χ1v) is 6.45. The summed E-state index contributed by atoms with van der Waals surface area (Å²) in [4.78, 5) is 11.9. The van der Waals surface area contributed by atoms with Crippen molar-refractivity contribution in [3.8, 4) is 5.75 Å². The lowest BCUT2D eigenvalue weighted by Crippen LogP contribution is -2.19. The van der Waals surface area contributed by atoms with Crippen LogP contribution in [0.4, 0.5) is 5.69 Å². The van der Waals surface area contributed by atoms with Crippen LogP contribution >= 0.6 is 0 Å². The van der Waals surface area contributed by atoms with Gasteiger partial charge >= 0.3 is 0 Å². The second kappa shape index (κ2) is 5.92. The van der Waals surface area contributed by atoms with Gasteiger partial charge in [0.05, 0.1) is 13.3 Å². The van der Waals surface area contributed by atoms with E-state index in [0.29, 0.717) is 17.1 Å². The molecule has 21 heavy (non-hydrogen) atoms. The second-order valence-electron chi connectivity index (χ2n) is 5.14. The summed E-state index contributed by atoms with van der Waals surface area (Å²) in [6, 6.07) is 7.07. The molecule has 1 amide bonds. The summed E-state index contributed by atoms with van der Waals surface area (Å²) in [6.45, 7) is 3.23. The summed E-state index contributed by atoms with van der Waals surface area (Å²) in [6.07, 6.45) is 1.55. The van der Waals surface area contributed by atoms with Crippen molar-refractivity contribution in [1.82, 2.24) is 15.0 Å². The first-order chi connectivity index (χ1) is 9.88. The number of hydrogen-bond donors (Lipinski definition) is 2.